The lowest BCUT2D eigenvalue weighted by Gasteiger charge is -2.20. The SMILES string of the molecule is Cc1ccc(C(NC(=O)CCCNC(=O)c2ccsc2)c2ccccc2)cc1. The molecule has 0 saturated carbocycles. The minimum atomic E-state index is -0.185. The first-order chi connectivity index (χ1) is 13.6. The molecule has 0 aliphatic heterocycles. The Morgan fingerprint density at radius 3 is 2.36 bits per heavy atom. The zero-order valence-corrected chi connectivity index (χ0v) is 16.7. The van der Waals surface area contributed by atoms with Gasteiger partial charge in [-0.3, -0.25) is 9.59 Å². The molecule has 1 unspecified atom stereocenters. The summed E-state index contributed by atoms with van der Waals surface area (Å²) in [4.78, 5) is 24.4. The minimum absolute atomic E-state index is 0.0285. The lowest BCUT2D eigenvalue weighted by molar-refractivity contribution is -0.121. The highest BCUT2D eigenvalue weighted by molar-refractivity contribution is 7.08. The van der Waals surface area contributed by atoms with Crippen LogP contribution >= 0.6 is 11.3 Å². The Balaban J connectivity index is 1.55. The second-order valence-electron chi connectivity index (χ2n) is 6.69. The Kier molecular flexibility index (Phi) is 6.98. The number of rotatable bonds is 8. The Morgan fingerprint density at radius 1 is 0.964 bits per heavy atom. The Morgan fingerprint density at radius 2 is 1.68 bits per heavy atom. The zero-order chi connectivity index (χ0) is 19.8. The smallest absolute Gasteiger partial charge is 0.252 e. The molecular formula is C23H24N2O2S. The van der Waals surface area contributed by atoms with Crippen LogP contribution in [0.1, 0.15) is 45.9 Å². The van der Waals surface area contributed by atoms with Crippen molar-refractivity contribution in [3.8, 4) is 0 Å². The summed E-state index contributed by atoms with van der Waals surface area (Å²) in [6.45, 7) is 2.52. The van der Waals surface area contributed by atoms with Crippen molar-refractivity contribution in [1.29, 1.82) is 0 Å². The highest BCUT2D eigenvalue weighted by atomic mass is 32.1. The molecule has 3 aromatic rings. The third kappa shape index (κ3) is 5.54. The van der Waals surface area contributed by atoms with Gasteiger partial charge >= 0.3 is 0 Å². The van der Waals surface area contributed by atoms with E-state index in [0.717, 1.165) is 11.1 Å². The monoisotopic (exact) mass is 392 g/mol. The van der Waals surface area contributed by atoms with Gasteiger partial charge in [-0.25, -0.2) is 0 Å². The van der Waals surface area contributed by atoms with Gasteiger partial charge in [0, 0.05) is 23.9 Å². The van der Waals surface area contributed by atoms with Crippen LogP contribution in [0.15, 0.2) is 71.4 Å². The van der Waals surface area contributed by atoms with Crippen molar-refractivity contribution in [3.63, 3.8) is 0 Å². The molecule has 0 aliphatic rings. The first-order valence-electron chi connectivity index (χ1n) is 9.35. The lowest BCUT2D eigenvalue weighted by atomic mass is 9.97. The van der Waals surface area contributed by atoms with Crippen molar-refractivity contribution in [2.24, 2.45) is 0 Å². The van der Waals surface area contributed by atoms with Crippen LogP contribution in [-0.4, -0.2) is 18.4 Å². The molecule has 3 rings (SSSR count). The number of thiophene rings is 1. The number of carbonyl (C=O) groups excluding carboxylic acids is 2. The van der Waals surface area contributed by atoms with E-state index in [1.807, 2.05) is 60.1 Å². The predicted octanol–water partition coefficient (Wildman–Crippen LogP) is 4.47. The van der Waals surface area contributed by atoms with Gasteiger partial charge in [-0.15, -0.1) is 0 Å². The van der Waals surface area contributed by atoms with Gasteiger partial charge in [0.15, 0.2) is 0 Å². The molecule has 0 spiro atoms. The Bertz CT molecular complexity index is 890. The fourth-order valence-electron chi connectivity index (χ4n) is 2.94. The molecule has 0 radical (unpaired) electrons. The molecule has 144 valence electrons. The van der Waals surface area contributed by atoms with Gasteiger partial charge in [0.25, 0.3) is 5.91 Å². The van der Waals surface area contributed by atoms with E-state index >= 15 is 0 Å². The highest BCUT2D eigenvalue weighted by Gasteiger charge is 2.16. The van der Waals surface area contributed by atoms with Crippen LogP contribution in [0.4, 0.5) is 0 Å². The van der Waals surface area contributed by atoms with Crippen LogP contribution in [0.5, 0.6) is 0 Å². The number of benzene rings is 2. The first kappa shape index (κ1) is 19.8. The van der Waals surface area contributed by atoms with Crippen LogP contribution in [0.2, 0.25) is 0 Å². The third-order valence-electron chi connectivity index (χ3n) is 4.50. The maximum absolute atomic E-state index is 12.5. The van der Waals surface area contributed by atoms with Gasteiger partial charge in [0.2, 0.25) is 5.91 Å². The van der Waals surface area contributed by atoms with E-state index in [1.165, 1.54) is 16.9 Å². The molecule has 1 heterocycles. The first-order valence-corrected chi connectivity index (χ1v) is 10.3. The number of carbonyl (C=O) groups is 2. The molecule has 2 N–H and O–H groups in total. The molecule has 0 bridgehead atoms. The fourth-order valence-corrected chi connectivity index (χ4v) is 3.58. The predicted molar refractivity (Wildman–Crippen MR) is 113 cm³/mol. The molecule has 1 aromatic heterocycles. The van der Waals surface area contributed by atoms with E-state index in [1.54, 1.807) is 6.07 Å². The van der Waals surface area contributed by atoms with Crippen LogP contribution in [-0.2, 0) is 4.79 Å². The molecule has 28 heavy (non-hydrogen) atoms. The minimum Gasteiger partial charge on any atom is -0.352 e. The van der Waals surface area contributed by atoms with Gasteiger partial charge in [-0.1, -0.05) is 60.2 Å². The number of hydrogen-bond donors (Lipinski definition) is 2. The molecular weight excluding hydrogens is 368 g/mol. The summed E-state index contributed by atoms with van der Waals surface area (Å²) in [6.07, 6.45) is 0.955. The summed E-state index contributed by atoms with van der Waals surface area (Å²) in [5.41, 5.74) is 3.95. The van der Waals surface area contributed by atoms with Crippen molar-refractivity contribution in [3.05, 3.63) is 93.7 Å². The van der Waals surface area contributed by atoms with Crippen LogP contribution in [0.25, 0.3) is 0 Å². The average molecular weight is 393 g/mol. The normalized spacial score (nSPS) is 11.6. The molecule has 2 amide bonds. The second-order valence-corrected chi connectivity index (χ2v) is 7.47. The van der Waals surface area contributed by atoms with Gasteiger partial charge in [0.1, 0.15) is 0 Å². The Hall–Kier alpha value is -2.92. The molecule has 2 aromatic carbocycles. The Labute approximate surface area is 169 Å². The van der Waals surface area contributed by atoms with E-state index < -0.39 is 0 Å². The molecule has 1 atom stereocenters. The topological polar surface area (TPSA) is 58.2 Å². The van der Waals surface area contributed by atoms with Gasteiger partial charge in [0.05, 0.1) is 6.04 Å². The summed E-state index contributed by atoms with van der Waals surface area (Å²) in [5.74, 6) is -0.123. The molecule has 4 nitrogen and oxygen atoms in total. The molecule has 5 heteroatoms. The zero-order valence-electron chi connectivity index (χ0n) is 15.9. The summed E-state index contributed by atoms with van der Waals surface area (Å²) in [6, 6.07) is 19.8. The van der Waals surface area contributed by atoms with E-state index in [9.17, 15) is 9.59 Å². The third-order valence-corrected chi connectivity index (χ3v) is 5.18. The molecule has 0 fully saturated rings. The van der Waals surface area contributed by atoms with Gasteiger partial charge in [-0.2, -0.15) is 11.3 Å². The van der Waals surface area contributed by atoms with Crippen molar-refractivity contribution in [2.45, 2.75) is 25.8 Å². The molecule has 0 saturated heterocycles. The average Bonchev–Trinajstić information content (AvgIpc) is 3.26. The number of nitrogens with one attached hydrogen (secondary N) is 2. The number of aryl methyl sites for hydroxylation is 1. The summed E-state index contributed by atoms with van der Waals surface area (Å²) in [7, 11) is 0. The van der Waals surface area contributed by atoms with Crippen LogP contribution in [0, 0.1) is 6.92 Å². The van der Waals surface area contributed by atoms with Crippen LogP contribution < -0.4 is 10.6 Å². The largest absolute Gasteiger partial charge is 0.352 e. The van der Waals surface area contributed by atoms with Crippen molar-refractivity contribution >= 4 is 23.2 Å². The summed E-state index contributed by atoms with van der Waals surface area (Å²) in [5, 5.41) is 9.67. The maximum atomic E-state index is 12.5. The quantitative estimate of drug-likeness (QED) is 0.556. The van der Waals surface area contributed by atoms with Crippen molar-refractivity contribution in [2.75, 3.05) is 6.54 Å². The summed E-state index contributed by atoms with van der Waals surface area (Å²) < 4.78 is 0. The standard InChI is InChI=1S/C23H24N2O2S/c1-17-9-11-19(12-10-17)22(18-6-3-2-4-7-18)25-21(26)8-5-14-24-23(27)20-13-15-28-16-20/h2-4,6-7,9-13,15-16,22H,5,8,14H2,1H3,(H,24,27)(H,25,26). The van der Waals surface area contributed by atoms with Crippen molar-refractivity contribution < 1.29 is 9.59 Å². The maximum Gasteiger partial charge on any atom is 0.252 e. The van der Waals surface area contributed by atoms with Crippen molar-refractivity contribution in [1.82, 2.24) is 10.6 Å². The number of hydrogen-bond acceptors (Lipinski definition) is 3. The number of amides is 2. The second kappa shape index (κ2) is 9.85. The van der Waals surface area contributed by atoms with Gasteiger partial charge < -0.3 is 10.6 Å². The lowest BCUT2D eigenvalue weighted by Crippen LogP contribution is -2.30. The van der Waals surface area contributed by atoms with E-state index in [0.29, 0.717) is 24.9 Å². The van der Waals surface area contributed by atoms with Crippen LogP contribution in [0.3, 0.4) is 0 Å². The van der Waals surface area contributed by atoms with E-state index in [2.05, 4.69) is 22.8 Å². The van der Waals surface area contributed by atoms with E-state index in [4.69, 9.17) is 0 Å². The summed E-state index contributed by atoms with van der Waals surface area (Å²) >= 11 is 1.49. The van der Waals surface area contributed by atoms with Gasteiger partial charge in [-0.05, 0) is 35.9 Å². The van der Waals surface area contributed by atoms with E-state index in [-0.39, 0.29) is 17.9 Å². The fraction of sp³-hybridized carbons (Fsp3) is 0.217. The highest BCUT2D eigenvalue weighted by Crippen LogP contribution is 2.22. The molecule has 0 aliphatic carbocycles.